The van der Waals surface area contributed by atoms with Crippen LogP contribution in [0.2, 0.25) is 0 Å². The van der Waals surface area contributed by atoms with Gasteiger partial charge in [0.05, 0.1) is 25.5 Å². The monoisotopic (exact) mass is 418 g/mol. The summed E-state index contributed by atoms with van der Waals surface area (Å²) in [6.45, 7) is 0. The van der Waals surface area contributed by atoms with E-state index in [9.17, 15) is 9.59 Å². The molecule has 4 aromatic rings. The highest BCUT2D eigenvalue weighted by Gasteiger charge is 2.16. The first-order valence-corrected chi connectivity index (χ1v) is 9.22. The van der Waals surface area contributed by atoms with E-state index in [0.717, 1.165) is 5.56 Å². The standard InChI is InChI=1S/C22H18N4O5/c1-30-18-7-6-13(11-19(18)31-2)17-8-9-23-20-12-16(25-26(17)20)21(27)24-15-5-3-4-14(10-15)22(28)29/h3-12H,1-2H3,(H,24,27)(H,28,29). The van der Waals surface area contributed by atoms with Crippen LogP contribution >= 0.6 is 0 Å². The van der Waals surface area contributed by atoms with E-state index >= 15 is 0 Å². The molecule has 0 fully saturated rings. The number of fused-ring (bicyclic) bond motifs is 1. The molecule has 0 aliphatic rings. The number of hydrogen-bond acceptors (Lipinski definition) is 6. The van der Waals surface area contributed by atoms with Crippen molar-refractivity contribution in [1.82, 2.24) is 14.6 Å². The van der Waals surface area contributed by atoms with E-state index in [2.05, 4.69) is 15.4 Å². The number of ether oxygens (including phenoxy) is 2. The molecule has 9 heteroatoms. The number of rotatable bonds is 6. The van der Waals surface area contributed by atoms with E-state index in [0.29, 0.717) is 28.5 Å². The smallest absolute Gasteiger partial charge is 0.335 e. The number of aromatic carboxylic acids is 1. The highest BCUT2D eigenvalue weighted by molar-refractivity contribution is 6.04. The second-order valence-electron chi connectivity index (χ2n) is 6.54. The zero-order chi connectivity index (χ0) is 22.0. The fourth-order valence-corrected chi connectivity index (χ4v) is 3.15. The second-order valence-corrected chi connectivity index (χ2v) is 6.54. The number of carbonyl (C=O) groups is 2. The maximum atomic E-state index is 12.7. The fraction of sp³-hybridized carbons (Fsp3) is 0.0909. The van der Waals surface area contributed by atoms with Crippen LogP contribution < -0.4 is 14.8 Å². The number of nitrogens with one attached hydrogen (secondary N) is 1. The van der Waals surface area contributed by atoms with Crippen LogP contribution in [0.15, 0.2) is 60.8 Å². The molecule has 4 rings (SSSR count). The Balaban J connectivity index is 1.68. The summed E-state index contributed by atoms with van der Waals surface area (Å²) >= 11 is 0. The van der Waals surface area contributed by atoms with Crippen molar-refractivity contribution >= 4 is 23.2 Å². The molecule has 0 atom stereocenters. The number of aromatic nitrogens is 3. The number of methoxy groups -OCH3 is 2. The van der Waals surface area contributed by atoms with Crippen molar-refractivity contribution < 1.29 is 24.2 Å². The molecule has 0 radical (unpaired) electrons. The third-order valence-corrected chi connectivity index (χ3v) is 4.64. The highest BCUT2D eigenvalue weighted by Crippen LogP contribution is 2.32. The van der Waals surface area contributed by atoms with Gasteiger partial charge in [-0.05, 0) is 42.5 Å². The van der Waals surface area contributed by atoms with Crippen LogP contribution in [0.4, 0.5) is 5.69 Å². The Bertz CT molecular complexity index is 1300. The average Bonchev–Trinajstić information content (AvgIpc) is 3.23. The zero-order valence-electron chi connectivity index (χ0n) is 16.7. The molecule has 2 N–H and O–H groups in total. The Morgan fingerprint density at radius 2 is 1.81 bits per heavy atom. The van der Waals surface area contributed by atoms with Crippen LogP contribution in [0.3, 0.4) is 0 Å². The minimum Gasteiger partial charge on any atom is -0.493 e. The molecule has 2 aromatic heterocycles. The molecule has 0 unspecified atom stereocenters. The lowest BCUT2D eigenvalue weighted by Gasteiger charge is -2.10. The molecule has 0 aliphatic carbocycles. The molecule has 0 spiro atoms. The van der Waals surface area contributed by atoms with Crippen molar-refractivity contribution in [1.29, 1.82) is 0 Å². The molecule has 31 heavy (non-hydrogen) atoms. The summed E-state index contributed by atoms with van der Waals surface area (Å²) in [6, 6.07) is 14.8. The molecule has 156 valence electrons. The van der Waals surface area contributed by atoms with Crippen LogP contribution in [-0.2, 0) is 0 Å². The van der Waals surface area contributed by atoms with Crippen LogP contribution in [0, 0.1) is 0 Å². The topological polar surface area (TPSA) is 115 Å². The maximum Gasteiger partial charge on any atom is 0.335 e. The van der Waals surface area contributed by atoms with Gasteiger partial charge in [-0.25, -0.2) is 14.3 Å². The number of hydrogen-bond donors (Lipinski definition) is 2. The van der Waals surface area contributed by atoms with Crippen molar-refractivity contribution in [2.24, 2.45) is 0 Å². The Morgan fingerprint density at radius 3 is 2.55 bits per heavy atom. The van der Waals surface area contributed by atoms with Gasteiger partial charge in [-0.1, -0.05) is 6.07 Å². The van der Waals surface area contributed by atoms with Crippen molar-refractivity contribution in [3.05, 3.63) is 72.1 Å². The SMILES string of the molecule is COc1ccc(-c2ccnc3cc(C(=O)Nc4cccc(C(=O)O)c4)nn23)cc1OC. The second kappa shape index (κ2) is 8.15. The van der Waals surface area contributed by atoms with Crippen LogP contribution in [-0.4, -0.2) is 45.8 Å². The Kier molecular flexibility index (Phi) is 5.23. The lowest BCUT2D eigenvalue weighted by atomic mass is 10.1. The molecule has 2 heterocycles. The van der Waals surface area contributed by atoms with E-state index in [4.69, 9.17) is 14.6 Å². The first kappa shape index (κ1) is 19.9. The first-order chi connectivity index (χ1) is 15.0. The molecule has 9 nitrogen and oxygen atoms in total. The molecular weight excluding hydrogens is 400 g/mol. The van der Waals surface area contributed by atoms with Crippen LogP contribution in [0.1, 0.15) is 20.8 Å². The van der Waals surface area contributed by atoms with E-state index < -0.39 is 11.9 Å². The predicted molar refractivity (Wildman–Crippen MR) is 113 cm³/mol. The number of amides is 1. The Labute approximate surface area is 176 Å². The molecule has 2 aromatic carbocycles. The summed E-state index contributed by atoms with van der Waals surface area (Å²) in [7, 11) is 3.12. The normalized spacial score (nSPS) is 10.6. The largest absolute Gasteiger partial charge is 0.493 e. The predicted octanol–water partition coefficient (Wildman–Crippen LogP) is 3.36. The lowest BCUT2D eigenvalue weighted by molar-refractivity contribution is 0.0696. The van der Waals surface area contributed by atoms with Gasteiger partial charge in [0.25, 0.3) is 5.91 Å². The third kappa shape index (κ3) is 3.88. The average molecular weight is 418 g/mol. The summed E-state index contributed by atoms with van der Waals surface area (Å²) in [5.74, 6) is -0.395. The van der Waals surface area contributed by atoms with Gasteiger partial charge in [0, 0.05) is 23.5 Å². The van der Waals surface area contributed by atoms with Crippen molar-refractivity contribution in [2.75, 3.05) is 19.5 Å². The minimum atomic E-state index is -1.08. The molecule has 0 saturated heterocycles. The van der Waals surface area contributed by atoms with Gasteiger partial charge in [-0.3, -0.25) is 4.79 Å². The third-order valence-electron chi connectivity index (χ3n) is 4.64. The van der Waals surface area contributed by atoms with Crippen molar-refractivity contribution in [3.8, 4) is 22.8 Å². The Hall–Kier alpha value is -4.40. The van der Waals surface area contributed by atoms with E-state index in [1.54, 1.807) is 55.3 Å². The van der Waals surface area contributed by atoms with Gasteiger partial charge in [0.15, 0.2) is 22.8 Å². The minimum absolute atomic E-state index is 0.0743. The van der Waals surface area contributed by atoms with Crippen molar-refractivity contribution in [3.63, 3.8) is 0 Å². The van der Waals surface area contributed by atoms with Crippen LogP contribution in [0.25, 0.3) is 16.9 Å². The van der Waals surface area contributed by atoms with Gasteiger partial charge in [0.2, 0.25) is 0 Å². The number of carbonyl (C=O) groups excluding carboxylic acids is 1. The molecule has 1 amide bonds. The summed E-state index contributed by atoms with van der Waals surface area (Å²) < 4.78 is 12.2. The van der Waals surface area contributed by atoms with E-state index in [1.165, 1.54) is 12.1 Å². The highest BCUT2D eigenvalue weighted by atomic mass is 16.5. The number of nitrogens with zero attached hydrogens (tertiary/aromatic N) is 3. The summed E-state index contributed by atoms with van der Waals surface area (Å²) in [4.78, 5) is 28.1. The molecule has 0 aliphatic heterocycles. The number of benzene rings is 2. The fourth-order valence-electron chi connectivity index (χ4n) is 3.15. The first-order valence-electron chi connectivity index (χ1n) is 9.22. The Morgan fingerprint density at radius 1 is 1.00 bits per heavy atom. The van der Waals surface area contributed by atoms with Gasteiger partial charge in [-0.15, -0.1) is 0 Å². The van der Waals surface area contributed by atoms with Gasteiger partial charge < -0.3 is 19.9 Å². The molecular formula is C22H18N4O5. The lowest BCUT2D eigenvalue weighted by Crippen LogP contribution is -2.13. The van der Waals surface area contributed by atoms with Crippen LogP contribution in [0.5, 0.6) is 11.5 Å². The quantitative estimate of drug-likeness (QED) is 0.493. The summed E-state index contributed by atoms with van der Waals surface area (Å²) in [5.41, 5.74) is 2.56. The number of carboxylic acid groups (broad SMARTS) is 1. The number of carboxylic acids is 1. The van der Waals surface area contributed by atoms with E-state index in [1.807, 2.05) is 12.1 Å². The van der Waals surface area contributed by atoms with E-state index in [-0.39, 0.29) is 11.3 Å². The van der Waals surface area contributed by atoms with Gasteiger partial charge >= 0.3 is 5.97 Å². The summed E-state index contributed by atoms with van der Waals surface area (Å²) in [5, 5.41) is 16.2. The van der Waals surface area contributed by atoms with Crippen molar-refractivity contribution in [2.45, 2.75) is 0 Å². The zero-order valence-corrected chi connectivity index (χ0v) is 16.7. The maximum absolute atomic E-state index is 12.7. The molecule has 0 bridgehead atoms. The van der Waals surface area contributed by atoms with Gasteiger partial charge in [-0.2, -0.15) is 5.10 Å². The molecule has 0 saturated carbocycles. The summed E-state index contributed by atoms with van der Waals surface area (Å²) in [6.07, 6.45) is 1.63. The van der Waals surface area contributed by atoms with Gasteiger partial charge in [0.1, 0.15) is 0 Å². The number of anilines is 1.